The number of Topliss-reactive ketones (excluding diaryl/α,β-unsaturated/α-hetero) is 1. The van der Waals surface area contributed by atoms with E-state index in [4.69, 9.17) is 4.74 Å². The van der Waals surface area contributed by atoms with Crippen LogP contribution in [0.1, 0.15) is 23.2 Å². The molecule has 5 nitrogen and oxygen atoms in total. The van der Waals surface area contributed by atoms with Crippen molar-refractivity contribution < 1.29 is 22.7 Å². The molecule has 6 heteroatoms. The predicted octanol–water partition coefficient (Wildman–Crippen LogP) is 2.90. The fourth-order valence-corrected chi connectivity index (χ4v) is 4.90. The fraction of sp³-hybridized carbons (Fsp3) is 0.300. The standard InChI is InChI=1S/C20H20O5S/c21-19(13-25-20(22)12-15-10-11-26(23,24)14-15)18-8-6-17(7-9-18)16-4-2-1-3-5-16/h1-9,15H,10-14H2/t15-/m1/s1. The third-order valence-electron chi connectivity index (χ3n) is 4.46. The molecule has 0 spiro atoms. The van der Waals surface area contributed by atoms with E-state index in [-0.39, 0.29) is 36.2 Å². The predicted molar refractivity (Wildman–Crippen MR) is 98.5 cm³/mol. The molecular formula is C20H20O5S. The van der Waals surface area contributed by atoms with Gasteiger partial charge in [0.2, 0.25) is 0 Å². The average molecular weight is 372 g/mol. The normalized spacial score (nSPS) is 18.4. The molecule has 0 aliphatic carbocycles. The highest BCUT2D eigenvalue weighted by molar-refractivity contribution is 7.91. The molecule has 0 bridgehead atoms. The Morgan fingerprint density at radius 2 is 1.62 bits per heavy atom. The van der Waals surface area contributed by atoms with E-state index < -0.39 is 15.8 Å². The van der Waals surface area contributed by atoms with Gasteiger partial charge >= 0.3 is 5.97 Å². The minimum Gasteiger partial charge on any atom is -0.457 e. The van der Waals surface area contributed by atoms with Gasteiger partial charge in [-0.3, -0.25) is 9.59 Å². The second-order valence-electron chi connectivity index (χ2n) is 6.50. The Hall–Kier alpha value is -2.47. The maximum Gasteiger partial charge on any atom is 0.306 e. The van der Waals surface area contributed by atoms with Gasteiger partial charge in [-0.25, -0.2) is 8.42 Å². The topological polar surface area (TPSA) is 77.5 Å². The van der Waals surface area contributed by atoms with Crippen molar-refractivity contribution >= 4 is 21.6 Å². The van der Waals surface area contributed by atoms with Crippen LogP contribution in [0.4, 0.5) is 0 Å². The maximum absolute atomic E-state index is 12.2. The van der Waals surface area contributed by atoms with Crippen molar-refractivity contribution in [3.8, 4) is 11.1 Å². The number of carbonyl (C=O) groups is 2. The van der Waals surface area contributed by atoms with Crippen LogP contribution in [0.15, 0.2) is 54.6 Å². The highest BCUT2D eigenvalue weighted by atomic mass is 32.2. The highest BCUT2D eigenvalue weighted by Crippen LogP contribution is 2.22. The largest absolute Gasteiger partial charge is 0.457 e. The number of hydrogen-bond acceptors (Lipinski definition) is 5. The molecule has 1 saturated heterocycles. The Morgan fingerprint density at radius 1 is 0.962 bits per heavy atom. The van der Waals surface area contributed by atoms with E-state index in [1.807, 2.05) is 42.5 Å². The van der Waals surface area contributed by atoms with Gasteiger partial charge in [0.15, 0.2) is 22.2 Å². The van der Waals surface area contributed by atoms with E-state index in [0.717, 1.165) is 11.1 Å². The molecule has 0 N–H and O–H groups in total. The van der Waals surface area contributed by atoms with Crippen molar-refractivity contribution in [3.63, 3.8) is 0 Å². The maximum atomic E-state index is 12.2. The van der Waals surface area contributed by atoms with E-state index in [1.54, 1.807) is 12.1 Å². The van der Waals surface area contributed by atoms with Crippen LogP contribution in [0.5, 0.6) is 0 Å². The first kappa shape index (κ1) is 18.3. The number of ketones is 1. The summed E-state index contributed by atoms with van der Waals surface area (Å²) in [5, 5.41) is 0. The first-order valence-electron chi connectivity index (χ1n) is 8.48. The lowest BCUT2D eigenvalue weighted by Gasteiger charge is -2.08. The fourth-order valence-electron chi connectivity index (χ4n) is 3.04. The van der Waals surface area contributed by atoms with Crippen molar-refractivity contribution in [2.45, 2.75) is 12.8 Å². The summed E-state index contributed by atoms with van der Waals surface area (Å²) in [6.45, 7) is -0.330. The Morgan fingerprint density at radius 3 is 2.23 bits per heavy atom. The Kier molecular flexibility index (Phi) is 5.52. The lowest BCUT2D eigenvalue weighted by molar-refractivity contribution is -0.143. The van der Waals surface area contributed by atoms with Gasteiger partial charge in [-0.15, -0.1) is 0 Å². The zero-order chi connectivity index (χ0) is 18.6. The molecule has 136 valence electrons. The van der Waals surface area contributed by atoms with Crippen LogP contribution >= 0.6 is 0 Å². The number of hydrogen-bond donors (Lipinski definition) is 0. The summed E-state index contributed by atoms with van der Waals surface area (Å²) in [6, 6.07) is 16.9. The van der Waals surface area contributed by atoms with Crippen molar-refractivity contribution in [2.75, 3.05) is 18.1 Å². The molecular weight excluding hydrogens is 352 g/mol. The summed E-state index contributed by atoms with van der Waals surface area (Å²) in [5.41, 5.74) is 2.53. The summed E-state index contributed by atoms with van der Waals surface area (Å²) in [6.07, 6.45) is 0.520. The monoisotopic (exact) mass is 372 g/mol. The molecule has 0 unspecified atom stereocenters. The summed E-state index contributed by atoms with van der Waals surface area (Å²) in [7, 11) is -3.02. The van der Waals surface area contributed by atoms with Gasteiger partial charge in [0.1, 0.15) is 0 Å². The van der Waals surface area contributed by atoms with Crippen molar-refractivity contribution in [2.24, 2.45) is 5.92 Å². The summed E-state index contributed by atoms with van der Waals surface area (Å²) in [5.74, 6) is -0.861. The SMILES string of the molecule is O=C(C[C@H]1CCS(=O)(=O)C1)OCC(=O)c1ccc(-c2ccccc2)cc1. The number of ether oxygens (including phenoxy) is 1. The van der Waals surface area contributed by atoms with Crippen LogP contribution in [-0.2, 0) is 19.4 Å². The van der Waals surface area contributed by atoms with Crippen molar-refractivity contribution in [1.82, 2.24) is 0 Å². The zero-order valence-electron chi connectivity index (χ0n) is 14.3. The molecule has 1 fully saturated rings. The molecule has 0 saturated carbocycles. The first-order valence-corrected chi connectivity index (χ1v) is 10.3. The van der Waals surface area contributed by atoms with E-state index in [0.29, 0.717) is 12.0 Å². The second kappa shape index (κ2) is 7.83. The molecule has 1 aliphatic heterocycles. The Labute approximate surface area is 152 Å². The van der Waals surface area contributed by atoms with Gasteiger partial charge in [0.25, 0.3) is 0 Å². The van der Waals surface area contributed by atoms with Crippen molar-refractivity contribution in [3.05, 3.63) is 60.2 Å². The third-order valence-corrected chi connectivity index (χ3v) is 6.30. The third kappa shape index (κ3) is 4.79. The Bertz CT molecular complexity index is 886. The first-order chi connectivity index (χ1) is 12.4. The smallest absolute Gasteiger partial charge is 0.306 e. The molecule has 1 aliphatic rings. The number of benzene rings is 2. The zero-order valence-corrected chi connectivity index (χ0v) is 15.1. The molecule has 2 aromatic rings. The van der Waals surface area contributed by atoms with E-state index in [9.17, 15) is 18.0 Å². The summed E-state index contributed by atoms with van der Waals surface area (Å²) < 4.78 is 27.8. The minimum atomic E-state index is -3.02. The number of sulfone groups is 1. The van der Waals surface area contributed by atoms with Crippen LogP contribution in [0.3, 0.4) is 0 Å². The van der Waals surface area contributed by atoms with Gasteiger partial charge in [0.05, 0.1) is 11.5 Å². The van der Waals surface area contributed by atoms with Crippen LogP contribution in [-0.4, -0.2) is 38.3 Å². The van der Waals surface area contributed by atoms with Gasteiger partial charge in [-0.1, -0.05) is 54.6 Å². The van der Waals surface area contributed by atoms with E-state index in [1.165, 1.54) is 0 Å². The average Bonchev–Trinajstić information content (AvgIpc) is 2.99. The quantitative estimate of drug-likeness (QED) is 0.575. The van der Waals surface area contributed by atoms with Crippen LogP contribution in [0, 0.1) is 5.92 Å². The van der Waals surface area contributed by atoms with Crippen LogP contribution in [0.2, 0.25) is 0 Å². The minimum absolute atomic E-state index is 0.0248. The Balaban J connectivity index is 1.51. The molecule has 0 radical (unpaired) electrons. The van der Waals surface area contributed by atoms with Crippen LogP contribution < -0.4 is 0 Å². The van der Waals surface area contributed by atoms with Gasteiger partial charge in [-0.05, 0) is 23.5 Å². The molecule has 3 rings (SSSR count). The molecule has 0 amide bonds. The van der Waals surface area contributed by atoms with Crippen LogP contribution in [0.25, 0.3) is 11.1 Å². The molecule has 26 heavy (non-hydrogen) atoms. The van der Waals surface area contributed by atoms with E-state index in [2.05, 4.69) is 0 Å². The summed E-state index contributed by atoms with van der Waals surface area (Å²) in [4.78, 5) is 24.0. The lowest BCUT2D eigenvalue weighted by atomic mass is 10.0. The van der Waals surface area contributed by atoms with Gasteiger partial charge < -0.3 is 4.74 Å². The summed E-state index contributed by atoms with van der Waals surface area (Å²) >= 11 is 0. The number of carbonyl (C=O) groups excluding carboxylic acids is 2. The number of rotatable bonds is 6. The highest BCUT2D eigenvalue weighted by Gasteiger charge is 2.30. The van der Waals surface area contributed by atoms with Crippen molar-refractivity contribution in [1.29, 1.82) is 0 Å². The van der Waals surface area contributed by atoms with Gasteiger partial charge in [0, 0.05) is 12.0 Å². The molecule has 0 aromatic heterocycles. The van der Waals surface area contributed by atoms with Gasteiger partial charge in [-0.2, -0.15) is 0 Å². The molecule has 1 atom stereocenters. The molecule has 1 heterocycles. The number of esters is 1. The lowest BCUT2D eigenvalue weighted by Crippen LogP contribution is -2.17. The second-order valence-corrected chi connectivity index (χ2v) is 8.73. The molecule has 2 aromatic carbocycles. The van der Waals surface area contributed by atoms with E-state index >= 15 is 0 Å².